The second-order valence-corrected chi connectivity index (χ2v) is 10.6. The van der Waals surface area contributed by atoms with Crippen molar-refractivity contribution in [1.82, 2.24) is 9.88 Å². The van der Waals surface area contributed by atoms with Crippen LogP contribution in [0.3, 0.4) is 0 Å². The van der Waals surface area contributed by atoms with E-state index in [1.54, 1.807) is 35.6 Å². The van der Waals surface area contributed by atoms with Crippen LogP contribution < -0.4 is 0 Å². The van der Waals surface area contributed by atoms with Crippen molar-refractivity contribution >= 4 is 37.3 Å². The summed E-state index contributed by atoms with van der Waals surface area (Å²) in [5.74, 6) is 0.251. The number of sulfone groups is 1. The number of amides is 1. The van der Waals surface area contributed by atoms with Gasteiger partial charge in [0, 0.05) is 30.8 Å². The maximum Gasteiger partial charge on any atom is 0.253 e. The van der Waals surface area contributed by atoms with Gasteiger partial charge < -0.3 is 4.90 Å². The molecule has 5 nitrogen and oxygen atoms in total. The van der Waals surface area contributed by atoms with E-state index in [-0.39, 0.29) is 17.6 Å². The third-order valence-electron chi connectivity index (χ3n) is 5.00. The second-order valence-electron chi connectivity index (χ2n) is 7.38. The fourth-order valence-electron chi connectivity index (χ4n) is 3.66. The molecule has 1 saturated heterocycles. The van der Waals surface area contributed by atoms with Gasteiger partial charge in [-0.15, -0.1) is 11.3 Å². The third-order valence-corrected chi connectivity index (χ3v) is 7.05. The predicted molar refractivity (Wildman–Crippen MR) is 112 cm³/mol. The summed E-state index contributed by atoms with van der Waals surface area (Å²) in [6.45, 7) is 1.41. The first-order valence-corrected chi connectivity index (χ1v) is 12.2. The lowest BCUT2D eigenvalue weighted by Crippen LogP contribution is -2.39. The monoisotopic (exact) mass is 414 g/mol. The van der Waals surface area contributed by atoms with Crippen LogP contribution in [-0.2, 0) is 15.6 Å². The normalized spacial score (nSPS) is 17.8. The number of carbonyl (C=O) groups excluding carboxylic acids is 1. The van der Waals surface area contributed by atoms with Gasteiger partial charge >= 0.3 is 0 Å². The van der Waals surface area contributed by atoms with Crippen LogP contribution in [0.1, 0.15) is 39.7 Å². The van der Waals surface area contributed by atoms with Gasteiger partial charge in [-0.25, -0.2) is 13.4 Å². The number of nitrogens with zero attached hydrogens (tertiary/aromatic N) is 2. The van der Waals surface area contributed by atoms with Crippen molar-refractivity contribution in [2.75, 3.05) is 19.3 Å². The van der Waals surface area contributed by atoms with E-state index in [9.17, 15) is 13.2 Å². The minimum absolute atomic E-state index is 0.00304. The van der Waals surface area contributed by atoms with Gasteiger partial charge in [-0.3, -0.25) is 4.79 Å². The van der Waals surface area contributed by atoms with E-state index in [0.29, 0.717) is 17.7 Å². The molecule has 2 aromatic carbocycles. The molecule has 1 amide bonds. The summed E-state index contributed by atoms with van der Waals surface area (Å²) >= 11 is 1.71. The Kier molecular flexibility index (Phi) is 5.21. The zero-order chi connectivity index (χ0) is 19.7. The van der Waals surface area contributed by atoms with Crippen molar-refractivity contribution in [1.29, 1.82) is 0 Å². The number of piperidine rings is 1. The minimum Gasteiger partial charge on any atom is -0.338 e. The first-order valence-electron chi connectivity index (χ1n) is 9.30. The van der Waals surface area contributed by atoms with E-state index in [1.165, 1.54) is 11.0 Å². The number of rotatable bonds is 4. The Morgan fingerprint density at radius 1 is 1.18 bits per heavy atom. The molecule has 0 bridgehead atoms. The van der Waals surface area contributed by atoms with Crippen molar-refractivity contribution in [3.05, 3.63) is 64.7 Å². The molecule has 146 valence electrons. The molecule has 28 heavy (non-hydrogen) atoms. The molecule has 0 unspecified atom stereocenters. The molecule has 7 heteroatoms. The summed E-state index contributed by atoms with van der Waals surface area (Å²) in [5.41, 5.74) is 2.32. The number of likely N-dealkylation sites (tertiary alicyclic amines) is 1. The smallest absolute Gasteiger partial charge is 0.253 e. The summed E-state index contributed by atoms with van der Waals surface area (Å²) in [4.78, 5) is 19.6. The molecule has 1 aliphatic heterocycles. The SMILES string of the molecule is CS(=O)(=O)Cc1ccc(C(=O)N2CCC[C@H](c3nc4ccccc4s3)C2)cc1. The largest absolute Gasteiger partial charge is 0.338 e. The highest BCUT2D eigenvalue weighted by Crippen LogP contribution is 2.33. The molecule has 2 heterocycles. The molecular weight excluding hydrogens is 392 g/mol. The lowest BCUT2D eigenvalue weighted by molar-refractivity contribution is 0.0707. The molecule has 0 aliphatic carbocycles. The van der Waals surface area contributed by atoms with Crippen molar-refractivity contribution < 1.29 is 13.2 Å². The lowest BCUT2D eigenvalue weighted by Gasteiger charge is -2.32. The number of para-hydroxylation sites is 1. The fraction of sp³-hybridized carbons (Fsp3) is 0.333. The number of hydrogen-bond donors (Lipinski definition) is 0. The molecule has 1 atom stereocenters. The molecule has 1 aliphatic rings. The fourth-order valence-corrected chi connectivity index (χ4v) is 5.55. The maximum absolute atomic E-state index is 12.9. The highest BCUT2D eigenvalue weighted by atomic mass is 32.2. The van der Waals surface area contributed by atoms with Gasteiger partial charge in [0.25, 0.3) is 5.91 Å². The van der Waals surface area contributed by atoms with E-state index in [1.807, 2.05) is 23.1 Å². The Bertz CT molecular complexity index is 1070. The van der Waals surface area contributed by atoms with E-state index >= 15 is 0 Å². The van der Waals surface area contributed by atoms with Crippen molar-refractivity contribution in [2.45, 2.75) is 24.5 Å². The quantitative estimate of drug-likeness (QED) is 0.650. The molecule has 0 saturated carbocycles. The van der Waals surface area contributed by atoms with E-state index < -0.39 is 9.84 Å². The Hall–Kier alpha value is -2.25. The van der Waals surface area contributed by atoms with Crippen LogP contribution in [0.25, 0.3) is 10.2 Å². The summed E-state index contributed by atoms with van der Waals surface area (Å²) in [7, 11) is -3.08. The number of benzene rings is 2. The standard InChI is InChI=1S/C21H22N2O3S2/c1-28(25,26)14-15-8-10-16(11-9-15)21(24)23-12-4-5-17(13-23)20-22-18-6-2-3-7-19(18)27-20/h2-3,6-11,17H,4-5,12-14H2,1H3/t17-/m0/s1. The number of fused-ring (bicyclic) bond motifs is 1. The molecule has 0 spiro atoms. The highest BCUT2D eigenvalue weighted by Gasteiger charge is 2.27. The Balaban J connectivity index is 1.48. The van der Waals surface area contributed by atoms with Crippen LogP contribution in [0.4, 0.5) is 0 Å². The summed E-state index contributed by atoms with van der Waals surface area (Å²) in [5, 5.41) is 1.10. The van der Waals surface area contributed by atoms with Gasteiger partial charge in [0.15, 0.2) is 9.84 Å². The Morgan fingerprint density at radius 3 is 2.64 bits per heavy atom. The van der Waals surface area contributed by atoms with Crippen LogP contribution in [0.5, 0.6) is 0 Å². The average molecular weight is 415 g/mol. The van der Waals surface area contributed by atoms with Crippen LogP contribution >= 0.6 is 11.3 Å². The average Bonchev–Trinajstić information content (AvgIpc) is 3.11. The van der Waals surface area contributed by atoms with Gasteiger partial charge in [-0.1, -0.05) is 24.3 Å². The van der Waals surface area contributed by atoms with Gasteiger partial charge in [0.1, 0.15) is 0 Å². The van der Waals surface area contributed by atoms with Crippen molar-refractivity contribution in [3.8, 4) is 0 Å². The van der Waals surface area contributed by atoms with Gasteiger partial charge in [-0.05, 0) is 42.7 Å². The van der Waals surface area contributed by atoms with Crippen LogP contribution in [0.15, 0.2) is 48.5 Å². The number of hydrogen-bond acceptors (Lipinski definition) is 5. The van der Waals surface area contributed by atoms with Crippen LogP contribution in [0, 0.1) is 0 Å². The maximum atomic E-state index is 12.9. The molecule has 1 aromatic heterocycles. The summed E-state index contributed by atoms with van der Waals surface area (Å²) < 4.78 is 24.0. The predicted octanol–water partition coefficient (Wildman–Crippen LogP) is 3.86. The third kappa shape index (κ3) is 4.25. The first kappa shape index (κ1) is 19.1. The van der Waals surface area contributed by atoms with Crippen molar-refractivity contribution in [3.63, 3.8) is 0 Å². The van der Waals surface area contributed by atoms with Crippen LogP contribution in [0.2, 0.25) is 0 Å². The van der Waals surface area contributed by atoms with E-state index in [0.717, 1.165) is 29.9 Å². The number of aromatic nitrogens is 1. The Labute approximate surface area is 168 Å². The molecular formula is C21H22N2O3S2. The number of carbonyl (C=O) groups is 1. The topological polar surface area (TPSA) is 67.3 Å². The summed E-state index contributed by atoms with van der Waals surface area (Å²) in [6.07, 6.45) is 3.21. The molecule has 3 aromatic rings. The zero-order valence-corrected chi connectivity index (χ0v) is 17.3. The zero-order valence-electron chi connectivity index (χ0n) is 15.7. The summed E-state index contributed by atoms with van der Waals surface area (Å²) in [6, 6.07) is 15.0. The highest BCUT2D eigenvalue weighted by molar-refractivity contribution is 7.89. The lowest BCUT2D eigenvalue weighted by atomic mass is 9.98. The molecule has 0 N–H and O–H groups in total. The second kappa shape index (κ2) is 7.64. The Morgan fingerprint density at radius 2 is 1.93 bits per heavy atom. The molecule has 1 fully saturated rings. The van der Waals surface area contributed by atoms with Gasteiger partial charge in [0.2, 0.25) is 0 Å². The number of thiazole rings is 1. The molecule has 0 radical (unpaired) electrons. The minimum atomic E-state index is -3.08. The van der Waals surface area contributed by atoms with E-state index in [2.05, 4.69) is 6.07 Å². The molecule has 4 rings (SSSR count). The first-order chi connectivity index (χ1) is 13.4. The van der Waals surface area contributed by atoms with Gasteiger partial charge in [-0.2, -0.15) is 0 Å². The van der Waals surface area contributed by atoms with Crippen LogP contribution in [-0.4, -0.2) is 43.6 Å². The van der Waals surface area contributed by atoms with Crippen molar-refractivity contribution in [2.24, 2.45) is 0 Å². The van der Waals surface area contributed by atoms with E-state index in [4.69, 9.17) is 4.98 Å². The van der Waals surface area contributed by atoms with Gasteiger partial charge in [0.05, 0.1) is 21.0 Å².